The summed E-state index contributed by atoms with van der Waals surface area (Å²) in [6.45, 7) is 7.11. The van der Waals surface area contributed by atoms with Crippen LogP contribution >= 0.6 is 11.8 Å². The molecule has 0 fully saturated rings. The van der Waals surface area contributed by atoms with Gasteiger partial charge >= 0.3 is 5.97 Å². The van der Waals surface area contributed by atoms with Crippen molar-refractivity contribution in [3.8, 4) is 0 Å². The maximum absolute atomic E-state index is 10.7. The summed E-state index contributed by atoms with van der Waals surface area (Å²) >= 11 is 1.55. The number of hydrogen-bond donors (Lipinski definition) is 1. The van der Waals surface area contributed by atoms with E-state index < -0.39 is 5.97 Å². The van der Waals surface area contributed by atoms with Gasteiger partial charge in [0, 0.05) is 17.1 Å². The van der Waals surface area contributed by atoms with E-state index >= 15 is 0 Å². The van der Waals surface area contributed by atoms with Gasteiger partial charge in [-0.1, -0.05) is 25.1 Å². The first-order valence-corrected chi connectivity index (χ1v) is 5.95. The highest BCUT2D eigenvalue weighted by Gasteiger charge is 2.22. The molecule has 84 valence electrons. The van der Waals surface area contributed by atoms with Crippen molar-refractivity contribution in [1.29, 1.82) is 0 Å². The minimum Gasteiger partial charge on any atom is -0.478 e. The molecule has 0 aromatic rings. The van der Waals surface area contributed by atoms with Gasteiger partial charge in [0.2, 0.25) is 0 Å². The van der Waals surface area contributed by atoms with Crippen molar-refractivity contribution in [2.75, 3.05) is 6.54 Å². The van der Waals surface area contributed by atoms with Crippen molar-refractivity contribution in [1.82, 2.24) is 4.90 Å². The lowest BCUT2D eigenvalue weighted by molar-refractivity contribution is -0.131. The molecule has 1 rings (SSSR count). The van der Waals surface area contributed by atoms with Crippen molar-refractivity contribution in [3.05, 3.63) is 21.7 Å². The van der Waals surface area contributed by atoms with Crippen LogP contribution < -0.4 is 0 Å². The van der Waals surface area contributed by atoms with E-state index in [-0.39, 0.29) is 0 Å². The fraction of sp³-hybridized carbons (Fsp3) is 0.545. The van der Waals surface area contributed by atoms with Crippen molar-refractivity contribution in [2.45, 2.75) is 33.6 Å². The van der Waals surface area contributed by atoms with E-state index in [9.17, 15) is 4.79 Å². The normalized spacial score (nSPS) is 19.1. The Balaban J connectivity index is 2.80. The number of rotatable bonds is 4. The number of hydrogen-bond acceptors (Lipinski definition) is 3. The highest BCUT2D eigenvalue weighted by Crippen LogP contribution is 2.40. The molecule has 3 nitrogen and oxygen atoms in total. The topological polar surface area (TPSA) is 40.5 Å². The van der Waals surface area contributed by atoms with Gasteiger partial charge in [-0.05, 0) is 20.3 Å². The average molecular weight is 227 g/mol. The van der Waals surface area contributed by atoms with Crippen molar-refractivity contribution in [3.63, 3.8) is 0 Å². The molecule has 0 bridgehead atoms. The lowest BCUT2D eigenvalue weighted by Gasteiger charge is -2.20. The molecular formula is C11H17NO2S. The van der Waals surface area contributed by atoms with Crippen molar-refractivity contribution in [2.24, 2.45) is 0 Å². The third kappa shape index (κ3) is 3.02. The molecule has 1 heterocycles. The third-order valence-electron chi connectivity index (χ3n) is 2.42. The molecule has 0 saturated heterocycles. The molecule has 15 heavy (non-hydrogen) atoms. The predicted molar refractivity (Wildman–Crippen MR) is 63.3 cm³/mol. The van der Waals surface area contributed by atoms with E-state index in [4.69, 9.17) is 5.11 Å². The third-order valence-corrected chi connectivity index (χ3v) is 3.57. The smallest absolute Gasteiger partial charge is 0.330 e. The fourth-order valence-corrected chi connectivity index (χ4v) is 2.52. The zero-order chi connectivity index (χ0) is 11.4. The van der Waals surface area contributed by atoms with Crippen LogP contribution in [0.2, 0.25) is 0 Å². The van der Waals surface area contributed by atoms with Crippen LogP contribution in [0, 0.1) is 0 Å². The zero-order valence-corrected chi connectivity index (χ0v) is 10.2. The molecular weight excluding hydrogens is 210 g/mol. The van der Waals surface area contributed by atoms with Crippen LogP contribution in [-0.4, -0.2) is 22.5 Å². The van der Waals surface area contributed by atoms with Gasteiger partial charge in [-0.25, -0.2) is 4.79 Å². The van der Waals surface area contributed by atoms with Crippen LogP contribution in [0.5, 0.6) is 0 Å². The molecule has 0 aliphatic carbocycles. The summed E-state index contributed by atoms with van der Waals surface area (Å²) in [5, 5.41) is 9.59. The molecule has 0 aromatic carbocycles. The Bertz CT molecular complexity index is 321. The van der Waals surface area contributed by atoms with Gasteiger partial charge in [-0.2, -0.15) is 0 Å². The monoisotopic (exact) mass is 227 g/mol. The van der Waals surface area contributed by atoms with Gasteiger partial charge < -0.3 is 10.0 Å². The van der Waals surface area contributed by atoms with Crippen LogP contribution in [0.4, 0.5) is 0 Å². The van der Waals surface area contributed by atoms with Crippen LogP contribution in [0.3, 0.4) is 0 Å². The second kappa shape index (κ2) is 5.26. The molecule has 4 heteroatoms. The molecule has 0 atom stereocenters. The second-order valence-corrected chi connectivity index (χ2v) is 4.80. The molecule has 1 N–H and O–H groups in total. The number of aliphatic carboxylic acids is 1. The van der Waals surface area contributed by atoms with Crippen LogP contribution in [0.15, 0.2) is 21.7 Å². The first-order valence-electron chi connectivity index (χ1n) is 5.13. The van der Waals surface area contributed by atoms with Gasteiger partial charge in [-0.15, -0.1) is 0 Å². The maximum atomic E-state index is 10.7. The first kappa shape index (κ1) is 12.2. The number of allylic oxidation sites excluding steroid dienone is 2. The van der Waals surface area contributed by atoms with Gasteiger partial charge in [0.25, 0.3) is 0 Å². The molecule has 0 spiro atoms. The average Bonchev–Trinajstić information content (AvgIpc) is 2.40. The maximum Gasteiger partial charge on any atom is 0.330 e. The standard InChI is InChI=1S/C11H17NO2S/c1-4-5-6-12-8(2)9(3)15-10(12)7-11(13)14/h7H,4-6H2,1-3H3,(H,13,14)/b10-7-. The largest absolute Gasteiger partial charge is 0.478 e. The number of carbonyl (C=O) groups is 1. The van der Waals surface area contributed by atoms with Gasteiger partial charge in [0.05, 0.1) is 11.1 Å². The van der Waals surface area contributed by atoms with Crippen LogP contribution in [0.1, 0.15) is 33.6 Å². The quantitative estimate of drug-likeness (QED) is 0.749. The first-order chi connectivity index (χ1) is 7.06. The number of carboxylic acid groups (broad SMARTS) is 1. The van der Waals surface area contributed by atoms with E-state index in [2.05, 4.69) is 11.8 Å². The SMILES string of the molecule is CCCCN1C(C)=C(C)S/C1=C\C(=O)O. The molecule has 0 radical (unpaired) electrons. The Morgan fingerprint density at radius 3 is 2.73 bits per heavy atom. The lowest BCUT2D eigenvalue weighted by Crippen LogP contribution is -2.18. The number of unbranched alkanes of at least 4 members (excludes halogenated alkanes) is 1. The van der Waals surface area contributed by atoms with E-state index in [0.717, 1.165) is 24.4 Å². The molecule has 0 saturated carbocycles. The Morgan fingerprint density at radius 1 is 1.53 bits per heavy atom. The minimum absolute atomic E-state index is 0.839. The molecule has 0 aromatic heterocycles. The fourth-order valence-electron chi connectivity index (χ4n) is 1.45. The number of carboxylic acids is 1. The summed E-state index contributed by atoms with van der Waals surface area (Å²) in [7, 11) is 0. The van der Waals surface area contributed by atoms with E-state index in [1.54, 1.807) is 11.8 Å². The summed E-state index contributed by atoms with van der Waals surface area (Å²) in [4.78, 5) is 13.9. The summed E-state index contributed by atoms with van der Waals surface area (Å²) in [6, 6.07) is 0. The van der Waals surface area contributed by atoms with Gasteiger partial charge in [-0.3, -0.25) is 0 Å². The summed E-state index contributed by atoms with van der Waals surface area (Å²) < 4.78 is 0. The van der Waals surface area contributed by atoms with Crippen molar-refractivity contribution >= 4 is 17.7 Å². The minimum atomic E-state index is -0.874. The zero-order valence-electron chi connectivity index (χ0n) is 9.41. The Kier molecular flexibility index (Phi) is 4.27. The van der Waals surface area contributed by atoms with E-state index in [0.29, 0.717) is 0 Å². The van der Waals surface area contributed by atoms with Gasteiger partial charge in [0.15, 0.2) is 0 Å². The summed E-state index contributed by atoms with van der Waals surface area (Å²) in [6.07, 6.45) is 3.50. The van der Waals surface area contributed by atoms with Crippen molar-refractivity contribution < 1.29 is 9.90 Å². The highest BCUT2D eigenvalue weighted by molar-refractivity contribution is 8.06. The summed E-state index contributed by atoms with van der Waals surface area (Å²) in [5.74, 6) is -0.874. The van der Waals surface area contributed by atoms with E-state index in [1.807, 2.05) is 13.8 Å². The number of thioether (sulfide) groups is 1. The molecule has 1 aliphatic heterocycles. The predicted octanol–water partition coefficient (Wildman–Crippen LogP) is 3.01. The Morgan fingerprint density at radius 2 is 2.20 bits per heavy atom. The molecule has 0 unspecified atom stereocenters. The molecule has 1 aliphatic rings. The van der Waals surface area contributed by atoms with Crippen LogP contribution in [0.25, 0.3) is 0 Å². The molecule has 0 amide bonds. The Hall–Kier alpha value is -0.900. The highest BCUT2D eigenvalue weighted by atomic mass is 32.2. The van der Waals surface area contributed by atoms with Crippen LogP contribution in [-0.2, 0) is 4.79 Å². The lowest BCUT2D eigenvalue weighted by atomic mass is 10.3. The van der Waals surface area contributed by atoms with E-state index in [1.165, 1.54) is 16.7 Å². The second-order valence-electron chi connectivity index (χ2n) is 3.57. The summed E-state index contributed by atoms with van der Waals surface area (Å²) in [5.41, 5.74) is 1.18. The number of nitrogens with zero attached hydrogens (tertiary/aromatic N) is 1. The van der Waals surface area contributed by atoms with Gasteiger partial charge in [0.1, 0.15) is 0 Å². The Labute approximate surface area is 94.8 Å².